The number of benzene rings is 2. The third-order valence-corrected chi connectivity index (χ3v) is 6.61. The minimum Gasteiger partial charge on any atom is -0.451 e. The third-order valence-electron chi connectivity index (χ3n) is 5.41. The highest BCUT2D eigenvalue weighted by molar-refractivity contribution is 7.18. The second-order valence-corrected chi connectivity index (χ2v) is 8.22. The molecule has 1 saturated heterocycles. The lowest BCUT2D eigenvalue weighted by atomic mass is 9.98. The Kier molecular flexibility index (Phi) is 3.97. The zero-order valence-electron chi connectivity index (χ0n) is 15.1. The van der Waals surface area contributed by atoms with Gasteiger partial charge in [-0.25, -0.2) is 4.98 Å². The molecule has 0 spiro atoms. The highest BCUT2D eigenvalue weighted by atomic mass is 32.1. The van der Waals surface area contributed by atoms with Crippen LogP contribution >= 0.6 is 11.3 Å². The maximum absolute atomic E-state index is 13.2. The molecule has 2 aromatic carbocycles. The van der Waals surface area contributed by atoms with E-state index in [1.165, 1.54) is 4.70 Å². The van der Waals surface area contributed by atoms with Crippen LogP contribution in [0.2, 0.25) is 0 Å². The van der Waals surface area contributed by atoms with E-state index in [9.17, 15) is 4.79 Å². The van der Waals surface area contributed by atoms with Gasteiger partial charge in [0.1, 0.15) is 5.58 Å². The predicted octanol–water partition coefficient (Wildman–Crippen LogP) is 5.37. The van der Waals surface area contributed by atoms with Gasteiger partial charge < -0.3 is 9.32 Å². The largest absolute Gasteiger partial charge is 0.451 e. The second kappa shape index (κ2) is 6.50. The van der Waals surface area contributed by atoms with E-state index in [0.717, 1.165) is 46.4 Å². The van der Waals surface area contributed by atoms with E-state index in [-0.39, 0.29) is 5.91 Å². The van der Waals surface area contributed by atoms with Crippen molar-refractivity contribution in [3.8, 4) is 0 Å². The molecule has 2 aromatic heterocycles. The van der Waals surface area contributed by atoms with Crippen molar-refractivity contribution < 1.29 is 9.21 Å². The Morgan fingerprint density at radius 3 is 2.85 bits per heavy atom. The molecule has 1 unspecified atom stereocenters. The number of fused-ring (bicyclic) bond motifs is 2. The first-order valence-corrected chi connectivity index (χ1v) is 10.2. The number of aryl methyl sites for hydroxylation is 1. The molecule has 0 radical (unpaired) electrons. The van der Waals surface area contributed by atoms with Crippen LogP contribution in [0, 0.1) is 6.92 Å². The van der Waals surface area contributed by atoms with Gasteiger partial charge in [-0.3, -0.25) is 4.79 Å². The van der Waals surface area contributed by atoms with Gasteiger partial charge in [0.25, 0.3) is 5.91 Å². The summed E-state index contributed by atoms with van der Waals surface area (Å²) in [6.07, 6.45) is 2.06. The quantitative estimate of drug-likeness (QED) is 0.472. The van der Waals surface area contributed by atoms with Gasteiger partial charge in [0.15, 0.2) is 5.76 Å². The predicted molar refractivity (Wildman–Crippen MR) is 108 cm³/mol. The van der Waals surface area contributed by atoms with Crippen molar-refractivity contribution in [3.63, 3.8) is 0 Å². The molecule has 136 valence electrons. The number of para-hydroxylation sites is 2. The number of rotatable bonds is 2. The van der Waals surface area contributed by atoms with E-state index in [0.29, 0.717) is 18.2 Å². The Balaban J connectivity index is 1.43. The van der Waals surface area contributed by atoms with E-state index in [1.807, 2.05) is 48.2 Å². The molecule has 1 atom stereocenters. The Morgan fingerprint density at radius 2 is 2.00 bits per heavy atom. The van der Waals surface area contributed by atoms with Gasteiger partial charge in [-0.05, 0) is 38.0 Å². The fourth-order valence-electron chi connectivity index (χ4n) is 3.95. The van der Waals surface area contributed by atoms with E-state index in [2.05, 4.69) is 12.1 Å². The van der Waals surface area contributed by atoms with Crippen molar-refractivity contribution in [2.24, 2.45) is 0 Å². The summed E-state index contributed by atoms with van der Waals surface area (Å²) >= 11 is 1.75. The van der Waals surface area contributed by atoms with Gasteiger partial charge in [0.05, 0.1) is 15.2 Å². The van der Waals surface area contributed by atoms with Crippen LogP contribution in [0.25, 0.3) is 21.2 Å². The number of aromatic nitrogens is 1. The van der Waals surface area contributed by atoms with Crippen molar-refractivity contribution in [1.82, 2.24) is 9.88 Å². The van der Waals surface area contributed by atoms with Gasteiger partial charge in [0, 0.05) is 30.0 Å². The number of carbonyl (C=O) groups is 1. The molecular weight excluding hydrogens is 356 g/mol. The van der Waals surface area contributed by atoms with Gasteiger partial charge in [-0.15, -0.1) is 11.3 Å². The van der Waals surface area contributed by atoms with Crippen LogP contribution in [0.5, 0.6) is 0 Å². The number of nitrogens with zero attached hydrogens (tertiary/aromatic N) is 2. The van der Waals surface area contributed by atoms with E-state index in [4.69, 9.17) is 9.40 Å². The first-order chi connectivity index (χ1) is 13.2. The zero-order valence-corrected chi connectivity index (χ0v) is 16.0. The molecule has 27 heavy (non-hydrogen) atoms. The van der Waals surface area contributed by atoms with Gasteiger partial charge in [-0.2, -0.15) is 0 Å². The molecule has 4 nitrogen and oxygen atoms in total. The van der Waals surface area contributed by atoms with Crippen LogP contribution in [0.1, 0.15) is 39.9 Å². The number of hydrogen-bond acceptors (Lipinski definition) is 4. The molecule has 0 aliphatic carbocycles. The van der Waals surface area contributed by atoms with Crippen molar-refractivity contribution in [3.05, 3.63) is 64.9 Å². The lowest BCUT2D eigenvalue weighted by Gasteiger charge is -2.31. The van der Waals surface area contributed by atoms with Gasteiger partial charge >= 0.3 is 0 Å². The minimum absolute atomic E-state index is 0.00508. The lowest BCUT2D eigenvalue weighted by molar-refractivity contribution is 0.0676. The second-order valence-electron chi connectivity index (χ2n) is 7.16. The highest BCUT2D eigenvalue weighted by Gasteiger charge is 2.30. The van der Waals surface area contributed by atoms with Crippen LogP contribution in [0.4, 0.5) is 0 Å². The Labute approximate surface area is 161 Å². The maximum atomic E-state index is 13.2. The van der Waals surface area contributed by atoms with E-state index >= 15 is 0 Å². The van der Waals surface area contributed by atoms with Gasteiger partial charge in [0.2, 0.25) is 0 Å². The van der Waals surface area contributed by atoms with Crippen LogP contribution in [0.15, 0.2) is 52.9 Å². The zero-order chi connectivity index (χ0) is 18.4. The molecule has 1 fully saturated rings. The Morgan fingerprint density at radius 1 is 1.19 bits per heavy atom. The monoisotopic (exact) mass is 376 g/mol. The lowest BCUT2D eigenvalue weighted by Crippen LogP contribution is -2.39. The molecule has 5 heteroatoms. The smallest absolute Gasteiger partial charge is 0.289 e. The Hall–Kier alpha value is -2.66. The Bertz CT molecular complexity index is 1110. The molecule has 1 amide bonds. The number of carbonyl (C=O) groups excluding carboxylic acids is 1. The molecule has 0 saturated carbocycles. The summed E-state index contributed by atoms with van der Waals surface area (Å²) in [5, 5.41) is 2.15. The number of thiazole rings is 1. The van der Waals surface area contributed by atoms with Crippen molar-refractivity contribution in [2.45, 2.75) is 25.7 Å². The van der Waals surface area contributed by atoms with Crippen molar-refractivity contribution in [1.29, 1.82) is 0 Å². The van der Waals surface area contributed by atoms with E-state index < -0.39 is 0 Å². The van der Waals surface area contributed by atoms with Crippen LogP contribution in [-0.4, -0.2) is 28.9 Å². The molecular formula is C22H20N2O2S. The summed E-state index contributed by atoms with van der Waals surface area (Å²) < 4.78 is 7.11. The number of hydrogen-bond donors (Lipinski definition) is 0. The first kappa shape index (κ1) is 16.5. The number of likely N-dealkylation sites (tertiary alicyclic amines) is 1. The summed E-state index contributed by atoms with van der Waals surface area (Å²) in [5.74, 6) is 0.764. The van der Waals surface area contributed by atoms with Crippen LogP contribution in [0.3, 0.4) is 0 Å². The number of furan rings is 1. The standard InChI is InChI=1S/C22H20N2O2S/c1-14-16-8-2-4-10-18(16)26-20(14)22(25)24-12-6-7-15(13-24)21-23-17-9-3-5-11-19(17)27-21/h2-5,8-11,15H,6-7,12-13H2,1H3. The normalized spacial score (nSPS) is 17.7. The molecule has 3 heterocycles. The van der Waals surface area contributed by atoms with Crippen LogP contribution in [-0.2, 0) is 0 Å². The van der Waals surface area contributed by atoms with Crippen molar-refractivity contribution >= 4 is 38.4 Å². The molecule has 4 aromatic rings. The number of piperidine rings is 1. The SMILES string of the molecule is Cc1c(C(=O)N2CCCC(c3nc4ccccc4s3)C2)oc2ccccc12. The minimum atomic E-state index is -0.00508. The van der Waals surface area contributed by atoms with E-state index in [1.54, 1.807) is 11.3 Å². The summed E-state index contributed by atoms with van der Waals surface area (Å²) in [4.78, 5) is 19.9. The molecule has 1 aliphatic rings. The first-order valence-electron chi connectivity index (χ1n) is 9.33. The molecule has 0 N–H and O–H groups in total. The fourth-order valence-corrected chi connectivity index (χ4v) is 5.04. The van der Waals surface area contributed by atoms with Gasteiger partial charge in [-0.1, -0.05) is 30.3 Å². The fraction of sp³-hybridized carbons (Fsp3) is 0.273. The third kappa shape index (κ3) is 2.82. The summed E-state index contributed by atoms with van der Waals surface area (Å²) in [6, 6.07) is 16.1. The summed E-state index contributed by atoms with van der Waals surface area (Å²) in [6.45, 7) is 3.44. The average Bonchev–Trinajstić information content (AvgIpc) is 3.29. The highest BCUT2D eigenvalue weighted by Crippen LogP contribution is 2.34. The topological polar surface area (TPSA) is 46.3 Å². The number of amides is 1. The summed E-state index contributed by atoms with van der Waals surface area (Å²) in [7, 11) is 0. The van der Waals surface area contributed by atoms with Crippen LogP contribution < -0.4 is 0 Å². The summed E-state index contributed by atoms with van der Waals surface area (Å²) in [5.41, 5.74) is 2.75. The maximum Gasteiger partial charge on any atom is 0.289 e. The van der Waals surface area contributed by atoms with Crippen molar-refractivity contribution in [2.75, 3.05) is 13.1 Å². The molecule has 1 aliphatic heterocycles. The molecule has 0 bridgehead atoms. The average molecular weight is 376 g/mol. The molecule has 5 rings (SSSR count).